The van der Waals surface area contributed by atoms with Crippen LogP contribution < -0.4 is 0 Å². The van der Waals surface area contributed by atoms with Crippen LogP contribution in [0.5, 0.6) is 0 Å². The summed E-state index contributed by atoms with van der Waals surface area (Å²) in [7, 11) is 0. The molecule has 6 aliphatic rings. The van der Waals surface area contributed by atoms with Crippen molar-refractivity contribution in [2.24, 2.45) is 56.7 Å². The first-order chi connectivity index (χ1) is 20.1. The van der Waals surface area contributed by atoms with Gasteiger partial charge in [-0.15, -0.1) is 0 Å². The molecule has 0 aromatic heterocycles. The van der Waals surface area contributed by atoms with Crippen molar-refractivity contribution in [2.75, 3.05) is 13.2 Å². The molecule has 244 valence electrons. The molecule has 43 heavy (non-hydrogen) atoms. The third-order valence-corrected chi connectivity index (χ3v) is 15.3. The fourth-order valence-electron chi connectivity index (χ4n) is 12.8. The molecular formula is C35H56O8. The van der Waals surface area contributed by atoms with Crippen molar-refractivity contribution in [1.82, 2.24) is 0 Å². The van der Waals surface area contributed by atoms with Gasteiger partial charge in [-0.25, -0.2) is 0 Å². The van der Waals surface area contributed by atoms with Gasteiger partial charge in [0.25, 0.3) is 0 Å². The van der Waals surface area contributed by atoms with Gasteiger partial charge in [-0.1, -0.05) is 39.8 Å². The van der Waals surface area contributed by atoms with Gasteiger partial charge in [-0.2, -0.15) is 0 Å². The smallest absolute Gasteiger partial charge is 0.309 e. The minimum absolute atomic E-state index is 0.0230. The Morgan fingerprint density at radius 1 is 0.884 bits per heavy atom. The molecule has 8 nitrogen and oxygen atoms in total. The van der Waals surface area contributed by atoms with Crippen molar-refractivity contribution in [3.05, 3.63) is 12.2 Å². The number of aliphatic carboxylic acids is 1. The average Bonchev–Trinajstić information content (AvgIpc) is 3.36. The van der Waals surface area contributed by atoms with Gasteiger partial charge in [-0.05, 0) is 117 Å². The van der Waals surface area contributed by atoms with Crippen molar-refractivity contribution in [3.8, 4) is 0 Å². The summed E-state index contributed by atoms with van der Waals surface area (Å²) in [5.74, 6) is 0.829. The fourth-order valence-corrected chi connectivity index (χ4v) is 12.8. The number of carbonyl (C=O) groups is 1. The lowest BCUT2D eigenvalue weighted by atomic mass is 9.32. The molecule has 0 bridgehead atoms. The molecule has 0 radical (unpaired) electrons. The number of carboxylic acids is 1. The highest BCUT2D eigenvalue weighted by atomic mass is 16.7. The Bertz CT molecular complexity index is 1130. The second kappa shape index (κ2) is 10.5. The quantitative estimate of drug-likeness (QED) is 0.228. The predicted octanol–water partition coefficient (Wildman–Crippen LogP) is 4.53. The topological polar surface area (TPSA) is 137 Å². The van der Waals surface area contributed by atoms with E-state index < -0.39 is 41.4 Å². The normalized spacial score (nSPS) is 56.3. The zero-order valence-electron chi connectivity index (χ0n) is 26.9. The second-order valence-corrected chi connectivity index (χ2v) is 16.7. The first kappa shape index (κ1) is 31.9. The Hall–Kier alpha value is -1.03. The monoisotopic (exact) mass is 604 g/mol. The highest BCUT2D eigenvalue weighted by molar-refractivity contribution is 5.76. The summed E-state index contributed by atoms with van der Waals surface area (Å²) in [6, 6.07) is 0. The Balaban J connectivity index is 1.30. The SMILES string of the molecule is C=C(C)[C@@H]1CC[C@]2(C(=O)O)CC[C@]3(C)C(CCC4[C@@]5(C)CC[C@H](O[C@H]6OC[C@@H](O)C(O)[C@@H]6O)[C@@](C)(CO)C5CC[C@]43C)C12. The summed E-state index contributed by atoms with van der Waals surface area (Å²) in [5.41, 5.74) is 0.0272. The van der Waals surface area contributed by atoms with E-state index in [4.69, 9.17) is 9.47 Å². The van der Waals surface area contributed by atoms with Crippen LogP contribution in [0.1, 0.15) is 98.8 Å². The average molecular weight is 605 g/mol. The van der Waals surface area contributed by atoms with Gasteiger partial charge in [0.05, 0.1) is 24.7 Å². The zero-order chi connectivity index (χ0) is 31.3. The van der Waals surface area contributed by atoms with Crippen LogP contribution in [0.25, 0.3) is 0 Å². The minimum atomic E-state index is -1.35. The van der Waals surface area contributed by atoms with Crippen LogP contribution in [0.2, 0.25) is 0 Å². The summed E-state index contributed by atoms with van der Waals surface area (Å²) in [4.78, 5) is 12.9. The number of aliphatic hydroxyl groups is 4. The molecule has 5 N–H and O–H groups in total. The molecule has 0 aromatic carbocycles. The molecule has 6 rings (SSSR count). The minimum Gasteiger partial charge on any atom is -0.481 e. The van der Waals surface area contributed by atoms with Gasteiger partial charge in [0.15, 0.2) is 6.29 Å². The molecule has 1 heterocycles. The van der Waals surface area contributed by atoms with Crippen molar-refractivity contribution in [2.45, 2.75) is 130 Å². The molecule has 5 saturated carbocycles. The van der Waals surface area contributed by atoms with Crippen molar-refractivity contribution in [1.29, 1.82) is 0 Å². The largest absolute Gasteiger partial charge is 0.481 e. The lowest BCUT2D eigenvalue weighted by Gasteiger charge is -2.73. The maximum Gasteiger partial charge on any atom is 0.309 e. The van der Waals surface area contributed by atoms with E-state index in [1.807, 2.05) is 0 Å². The summed E-state index contributed by atoms with van der Waals surface area (Å²) in [6.07, 6.45) is 3.90. The molecular weight excluding hydrogens is 548 g/mol. The molecule has 5 unspecified atom stereocenters. The van der Waals surface area contributed by atoms with Gasteiger partial charge in [0.1, 0.15) is 18.3 Å². The van der Waals surface area contributed by atoms with E-state index in [9.17, 15) is 30.3 Å². The number of hydrogen-bond donors (Lipinski definition) is 5. The van der Waals surface area contributed by atoms with Crippen LogP contribution >= 0.6 is 0 Å². The van der Waals surface area contributed by atoms with Crippen molar-refractivity contribution in [3.63, 3.8) is 0 Å². The highest BCUT2D eigenvalue weighted by Crippen LogP contribution is 2.77. The van der Waals surface area contributed by atoms with Crippen LogP contribution in [0, 0.1) is 56.7 Å². The zero-order valence-corrected chi connectivity index (χ0v) is 26.9. The number of carboxylic acid groups (broad SMARTS) is 1. The third kappa shape index (κ3) is 4.18. The Morgan fingerprint density at radius 3 is 2.26 bits per heavy atom. The molecule has 0 aromatic rings. The maximum atomic E-state index is 12.9. The lowest BCUT2D eigenvalue weighted by Crippen LogP contribution is -2.68. The Morgan fingerprint density at radius 2 is 1.60 bits per heavy atom. The van der Waals surface area contributed by atoms with Crippen molar-refractivity contribution >= 4 is 5.97 Å². The van der Waals surface area contributed by atoms with Crippen LogP contribution in [-0.4, -0.2) is 75.4 Å². The Labute approximate surface area is 257 Å². The standard InChI is InChI=1S/C35H56O8/c1-19(2)20-9-14-35(30(40)41)16-15-33(5)21(26(20)35)7-8-24-31(3)12-11-25(43-29-28(39)27(38)22(37)17-42-29)32(4,18-36)23(31)10-13-34(24,33)6/h20-29,36-39H,1,7-18H2,2-6H3,(H,40,41)/t20-,21?,22+,23?,24?,25-,26?,27?,28-,29+,31-,32-,33+,34+,35-/m0/s1. The molecule has 1 aliphatic heterocycles. The first-order valence-corrected chi connectivity index (χ1v) is 16.9. The van der Waals surface area contributed by atoms with Gasteiger partial charge in [0.2, 0.25) is 0 Å². The van der Waals surface area contributed by atoms with E-state index in [1.165, 1.54) is 0 Å². The number of fused-ring (bicyclic) bond motifs is 7. The number of aliphatic hydroxyl groups excluding tert-OH is 4. The van der Waals surface area contributed by atoms with E-state index in [0.29, 0.717) is 18.3 Å². The molecule has 15 atom stereocenters. The van der Waals surface area contributed by atoms with Crippen LogP contribution in [0.15, 0.2) is 12.2 Å². The second-order valence-electron chi connectivity index (χ2n) is 16.7. The molecule has 1 saturated heterocycles. The van der Waals surface area contributed by atoms with E-state index in [0.717, 1.165) is 63.4 Å². The lowest BCUT2D eigenvalue weighted by molar-refractivity contribution is -0.316. The third-order valence-electron chi connectivity index (χ3n) is 15.3. The van der Waals surface area contributed by atoms with Gasteiger partial charge >= 0.3 is 5.97 Å². The molecule has 8 heteroatoms. The molecule has 0 spiro atoms. The van der Waals surface area contributed by atoms with Crippen molar-refractivity contribution < 1.29 is 39.8 Å². The van der Waals surface area contributed by atoms with Crippen LogP contribution in [0.3, 0.4) is 0 Å². The van der Waals surface area contributed by atoms with Gasteiger partial charge < -0.3 is 35.0 Å². The summed E-state index contributed by atoms with van der Waals surface area (Å²) < 4.78 is 12.0. The maximum absolute atomic E-state index is 12.9. The Kier molecular flexibility index (Phi) is 7.79. The number of rotatable bonds is 5. The van der Waals surface area contributed by atoms with E-state index in [1.54, 1.807) is 0 Å². The molecule has 0 amide bonds. The summed E-state index contributed by atoms with van der Waals surface area (Å²) >= 11 is 0. The molecule has 5 aliphatic carbocycles. The summed E-state index contributed by atoms with van der Waals surface area (Å²) in [6.45, 7) is 15.9. The van der Waals surface area contributed by atoms with Gasteiger partial charge in [-0.3, -0.25) is 4.79 Å². The van der Waals surface area contributed by atoms with Gasteiger partial charge in [0, 0.05) is 5.41 Å². The number of ether oxygens (including phenoxy) is 2. The first-order valence-electron chi connectivity index (χ1n) is 16.9. The van der Waals surface area contributed by atoms with Crippen LogP contribution in [0.4, 0.5) is 0 Å². The van der Waals surface area contributed by atoms with E-state index >= 15 is 0 Å². The highest BCUT2D eigenvalue weighted by Gasteiger charge is 2.72. The van der Waals surface area contributed by atoms with E-state index in [2.05, 4.69) is 41.2 Å². The number of allylic oxidation sites excluding steroid dienone is 1. The van der Waals surface area contributed by atoms with Crippen LogP contribution in [-0.2, 0) is 14.3 Å². The fraction of sp³-hybridized carbons (Fsp3) is 0.914. The molecule has 6 fully saturated rings. The predicted molar refractivity (Wildman–Crippen MR) is 161 cm³/mol. The summed E-state index contributed by atoms with van der Waals surface area (Å²) in [5, 5.41) is 52.4. The number of hydrogen-bond acceptors (Lipinski definition) is 7. The van der Waals surface area contributed by atoms with E-state index in [-0.39, 0.29) is 53.3 Å².